The summed E-state index contributed by atoms with van der Waals surface area (Å²) in [6.45, 7) is 3.96. The quantitative estimate of drug-likeness (QED) is 0.428. The van der Waals surface area contributed by atoms with Crippen LogP contribution in [0.2, 0.25) is 0 Å². The fraction of sp³-hybridized carbons (Fsp3) is 0.412. The molecule has 1 saturated heterocycles. The van der Waals surface area contributed by atoms with E-state index in [-0.39, 0.29) is 29.8 Å². The third-order valence-electron chi connectivity index (χ3n) is 3.75. The maximum absolute atomic E-state index is 11.8. The van der Waals surface area contributed by atoms with E-state index in [1.54, 1.807) is 24.3 Å². The van der Waals surface area contributed by atoms with Gasteiger partial charge in [0.1, 0.15) is 6.61 Å². The van der Waals surface area contributed by atoms with Gasteiger partial charge >= 0.3 is 0 Å². The van der Waals surface area contributed by atoms with Crippen LogP contribution in [0.25, 0.3) is 0 Å². The molecule has 1 aliphatic heterocycles. The van der Waals surface area contributed by atoms with Gasteiger partial charge in [0.2, 0.25) is 5.91 Å². The van der Waals surface area contributed by atoms with Crippen molar-refractivity contribution in [1.29, 1.82) is 0 Å². The predicted octanol–water partition coefficient (Wildman–Crippen LogP) is 1.53. The van der Waals surface area contributed by atoms with Crippen molar-refractivity contribution in [2.75, 3.05) is 25.2 Å². The number of rotatable bonds is 8. The monoisotopic (exact) mass is 366 g/mol. The third kappa shape index (κ3) is 5.90. The maximum Gasteiger partial charge on any atom is 0.240 e. The van der Waals surface area contributed by atoms with Gasteiger partial charge in [-0.3, -0.25) is 4.79 Å². The molecule has 1 amide bonds. The summed E-state index contributed by atoms with van der Waals surface area (Å²) in [6, 6.07) is 5.26. The first kappa shape index (κ1) is 19.0. The van der Waals surface area contributed by atoms with Gasteiger partial charge in [0, 0.05) is 6.42 Å². The fourth-order valence-corrected chi connectivity index (χ4v) is 4.41. The highest BCUT2D eigenvalue weighted by Gasteiger charge is 2.29. The second-order valence-corrected chi connectivity index (χ2v) is 8.01. The van der Waals surface area contributed by atoms with Gasteiger partial charge in [-0.2, -0.15) is 5.10 Å². The van der Waals surface area contributed by atoms with E-state index in [0.717, 1.165) is 5.56 Å². The van der Waals surface area contributed by atoms with E-state index < -0.39 is 9.84 Å². The van der Waals surface area contributed by atoms with E-state index in [1.807, 2.05) is 0 Å². The smallest absolute Gasteiger partial charge is 0.240 e. The number of ether oxygens (including phenoxy) is 2. The van der Waals surface area contributed by atoms with Crippen molar-refractivity contribution < 1.29 is 22.7 Å². The normalized spacial score (nSPS) is 18.8. The van der Waals surface area contributed by atoms with Gasteiger partial charge in [0.15, 0.2) is 21.3 Å². The highest BCUT2D eigenvalue weighted by molar-refractivity contribution is 7.91. The van der Waals surface area contributed by atoms with Crippen LogP contribution in [0.15, 0.2) is 36.0 Å². The number of methoxy groups -OCH3 is 1. The van der Waals surface area contributed by atoms with Crippen LogP contribution in [0.5, 0.6) is 11.5 Å². The molecule has 1 atom stereocenters. The van der Waals surface area contributed by atoms with Crippen molar-refractivity contribution in [3.8, 4) is 11.5 Å². The Hall–Kier alpha value is -2.35. The lowest BCUT2D eigenvalue weighted by atomic mass is 10.1. The molecule has 25 heavy (non-hydrogen) atoms. The Kier molecular flexibility index (Phi) is 6.58. The van der Waals surface area contributed by atoms with Crippen LogP contribution in [0.4, 0.5) is 0 Å². The maximum atomic E-state index is 11.8. The molecule has 0 spiro atoms. The van der Waals surface area contributed by atoms with Crippen LogP contribution < -0.4 is 14.9 Å². The Balaban J connectivity index is 1.88. The Morgan fingerprint density at radius 3 is 2.88 bits per heavy atom. The zero-order valence-corrected chi connectivity index (χ0v) is 14.9. The molecule has 0 radical (unpaired) electrons. The summed E-state index contributed by atoms with van der Waals surface area (Å²) < 4.78 is 33.5. The molecule has 0 unspecified atom stereocenters. The van der Waals surface area contributed by atoms with Crippen molar-refractivity contribution in [3.63, 3.8) is 0 Å². The molecule has 0 saturated carbocycles. The predicted molar refractivity (Wildman–Crippen MR) is 95.8 cm³/mol. The van der Waals surface area contributed by atoms with Gasteiger partial charge in [0.05, 0.1) is 24.8 Å². The fourth-order valence-electron chi connectivity index (χ4n) is 2.55. The largest absolute Gasteiger partial charge is 0.493 e. The molecule has 1 aromatic carbocycles. The van der Waals surface area contributed by atoms with Crippen LogP contribution in [-0.2, 0) is 14.6 Å². The molecule has 1 aliphatic rings. The summed E-state index contributed by atoms with van der Waals surface area (Å²) >= 11 is 0. The molecule has 1 aromatic rings. The lowest BCUT2D eigenvalue weighted by Crippen LogP contribution is -2.21. The minimum absolute atomic E-state index is 0.0769. The summed E-state index contributed by atoms with van der Waals surface area (Å²) in [5.41, 5.74) is 3.15. The Morgan fingerprint density at radius 2 is 2.24 bits per heavy atom. The molecule has 7 nitrogen and oxygen atoms in total. The van der Waals surface area contributed by atoms with E-state index in [2.05, 4.69) is 17.1 Å². The molecule has 1 fully saturated rings. The number of benzene rings is 1. The lowest BCUT2D eigenvalue weighted by Gasteiger charge is -2.09. The lowest BCUT2D eigenvalue weighted by molar-refractivity contribution is -0.121. The van der Waals surface area contributed by atoms with Gasteiger partial charge in [-0.05, 0) is 36.1 Å². The summed E-state index contributed by atoms with van der Waals surface area (Å²) in [5, 5.41) is 3.90. The molecule has 1 N–H and O–H groups in total. The summed E-state index contributed by atoms with van der Waals surface area (Å²) in [5.74, 6) is 0.957. The van der Waals surface area contributed by atoms with Gasteiger partial charge in [-0.1, -0.05) is 12.7 Å². The Bertz CT molecular complexity index is 758. The molecular formula is C17H22N2O5S. The Morgan fingerprint density at radius 1 is 1.44 bits per heavy atom. The van der Waals surface area contributed by atoms with Crippen LogP contribution in [-0.4, -0.2) is 45.8 Å². The molecular weight excluding hydrogens is 344 g/mol. The van der Waals surface area contributed by atoms with E-state index >= 15 is 0 Å². The molecule has 136 valence electrons. The molecule has 0 aromatic heterocycles. The molecule has 8 heteroatoms. The van der Waals surface area contributed by atoms with Crippen LogP contribution >= 0.6 is 0 Å². The van der Waals surface area contributed by atoms with Gasteiger partial charge in [0.25, 0.3) is 0 Å². The number of nitrogens with zero attached hydrogens (tertiary/aromatic N) is 1. The number of amides is 1. The second kappa shape index (κ2) is 8.66. The van der Waals surface area contributed by atoms with Gasteiger partial charge in [-0.15, -0.1) is 0 Å². The van der Waals surface area contributed by atoms with E-state index in [0.29, 0.717) is 24.5 Å². The zero-order valence-electron chi connectivity index (χ0n) is 14.1. The summed E-state index contributed by atoms with van der Waals surface area (Å²) in [4.78, 5) is 11.8. The van der Waals surface area contributed by atoms with Crippen LogP contribution in [0.3, 0.4) is 0 Å². The standard InChI is InChI=1S/C17H22N2O5S/c1-3-7-24-15-5-4-13(9-16(15)23-2)11-18-19-17(20)10-14-6-8-25(21,22)12-14/h3-5,9,11,14H,1,6-8,10,12H2,2H3,(H,19,20)/b18-11-/t14-/m1/s1. The van der Waals surface area contributed by atoms with Gasteiger partial charge in [-0.25, -0.2) is 13.8 Å². The average molecular weight is 366 g/mol. The number of hydrazone groups is 1. The molecule has 1 heterocycles. The second-order valence-electron chi connectivity index (χ2n) is 5.78. The van der Waals surface area contributed by atoms with Crippen molar-refractivity contribution in [1.82, 2.24) is 5.43 Å². The van der Waals surface area contributed by atoms with E-state index in [1.165, 1.54) is 13.3 Å². The van der Waals surface area contributed by atoms with E-state index in [9.17, 15) is 13.2 Å². The van der Waals surface area contributed by atoms with Crippen LogP contribution in [0.1, 0.15) is 18.4 Å². The number of carbonyl (C=O) groups is 1. The highest BCUT2D eigenvalue weighted by Crippen LogP contribution is 2.27. The summed E-state index contributed by atoms with van der Waals surface area (Å²) in [6.07, 6.45) is 3.82. The van der Waals surface area contributed by atoms with Crippen molar-refractivity contribution in [2.24, 2.45) is 11.0 Å². The topological polar surface area (TPSA) is 94.1 Å². The van der Waals surface area contributed by atoms with Crippen molar-refractivity contribution in [3.05, 3.63) is 36.4 Å². The van der Waals surface area contributed by atoms with Crippen LogP contribution in [0, 0.1) is 5.92 Å². The third-order valence-corrected chi connectivity index (χ3v) is 5.59. The highest BCUT2D eigenvalue weighted by atomic mass is 32.2. The number of hydrogen-bond donors (Lipinski definition) is 1. The number of hydrogen-bond acceptors (Lipinski definition) is 6. The molecule has 0 bridgehead atoms. The van der Waals surface area contributed by atoms with Crippen molar-refractivity contribution in [2.45, 2.75) is 12.8 Å². The number of carbonyl (C=O) groups excluding carboxylic acids is 1. The first-order valence-electron chi connectivity index (χ1n) is 7.87. The van der Waals surface area contributed by atoms with Crippen molar-refractivity contribution >= 4 is 22.0 Å². The van der Waals surface area contributed by atoms with Gasteiger partial charge < -0.3 is 9.47 Å². The SMILES string of the molecule is C=CCOc1ccc(/C=N\NC(=O)C[C@H]2CCS(=O)(=O)C2)cc1OC. The molecule has 0 aliphatic carbocycles. The first-order chi connectivity index (χ1) is 11.9. The first-order valence-corrected chi connectivity index (χ1v) is 9.69. The minimum Gasteiger partial charge on any atom is -0.493 e. The minimum atomic E-state index is -2.97. The molecule has 2 rings (SSSR count). The number of sulfone groups is 1. The summed E-state index contributed by atoms with van der Waals surface area (Å²) in [7, 11) is -1.44. The van der Waals surface area contributed by atoms with E-state index in [4.69, 9.17) is 9.47 Å². The number of nitrogens with one attached hydrogen (secondary N) is 1. The average Bonchev–Trinajstić information content (AvgIpc) is 2.91. The Labute approximate surface area is 147 Å². The zero-order chi connectivity index (χ0) is 18.3.